The maximum absolute atomic E-state index is 13.9. The second-order valence-electron chi connectivity index (χ2n) is 9.53. The first-order valence-electron chi connectivity index (χ1n) is 11.9. The van der Waals surface area contributed by atoms with Gasteiger partial charge in [-0.3, -0.25) is 0 Å². The predicted molar refractivity (Wildman–Crippen MR) is 129 cm³/mol. The minimum atomic E-state index is -4.60. The van der Waals surface area contributed by atoms with Crippen molar-refractivity contribution >= 4 is 26.8 Å². The third kappa shape index (κ3) is 4.80. The number of anilines is 1. The number of aliphatic hydroxyl groups is 1. The number of hydrogen-bond donors (Lipinski definition) is 1. The first-order valence-corrected chi connectivity index (χ1v) is 13.8. The van der Waals surface area contributed by atoms with Crippen molar-refractivity contribution in [2.45, 2.75) is 70.3 Å². The van der Waals surface area contributed by atoms with Gasteiger partial charge in [0.2, 0.25) is 5.95 Å². The lowest BCUT2D eigenvalue weighted by atomic mass is 10.00. The number of aryl methyl sites for hydroxylation is 1. The lowest BCUT2D eigenvalue weighted by Crippen LogP contribution is -2.42. The Hall–Kier alpha value is -2.73. The zero-order valence-corrected chi connectivity index (χ0v) is 21.5. The summed E-state index contributed by atoms with van der Waals surface area (Å²) in [7, 11) is -3.59. The molecule has 1 N–H and O–H groups in total. The summed E-state index contributed by atoms with van der Waals surface area (Å²) in [5, 5.41) is 9.73. The molecule has 0 saturated heterocycles. The predicted octanol–water partition coefficient (Wildman–Crippen LogP) is 4.30. The molecule has 0 aliphatic carbocycles. The van der Waals surface area contributed by atoms with E-state index in [0.717, 1.165) is 12.7 Å². The van der Waals surface area contributed by atoms with Crippen molar-refractivity contribution in [2.24, 2.45) is 5.92 Å². The standard InChI is InChI=1S/C24H30F3N5O3S/c1-5-6-7-15-12-28-23(30-21(15)24(25,26)27)32-9-8-31-18-11-19(36(4,34)35)16(13-33)10-17(18)29-22(31)20(32)14(2)3/h10-12,14,20,33H,5-9,13H2,1-4H3/t20-/m1/s1. The van der Waals surface area contributed by atoms with Gasteiger partial charge in [-0.1, -0.05) is 27.2 Å². The number of rotatable bonds is 7. The minimum absolute atomic E-state index is 0.00699. The highest BCUT2D eigenvalue weighted by atomic mass is 32.2. The van der Waals surface area contributed by atoms with Crippen LogP contribution in [-0.4, -0.2) is 45.8 Å². The number of unbranched alkanes of at least 4 members (excludes halogenated alkanes) is 1. The Morgan fingerprint density at radius 1 is 1.17 bits per heavy atom. The van der Waals surface area contributed by atoms with E-state index >= 15 is 0 Å². The number of hydrogen-bond acceptors (Lipinski definition) is 7. The van der Waals surface area contributed by atoms with E-state index in [-0.39, 0.29) is 34.3 Å². The second kappa shape index (κ2) is 9.62. The maximum atomic E-state index is 13.9. The Balaban J connectivity index is 1.84. The zero-order valence-electron chi connectivity index (χ0n) is 20.7. The number of halogens is 3. The first-order chi connectivity index (χ1) is 16.9. The van der Waals surface area contributed by atoms with E-state index in [0.29, 0.717) is 36.4 Å². The number of sulfone groups is 1. The van der Waals surface area contributed by atoms with E-state index in [1.807, 2.05) is 25.3 Å². The molecule has 2 aromatic heterocycles. The molecule has 196 valence electrons. The highest BCUT2D eigenvalue weighted by molar-refractivity contribution is 7.90. The summed E-state index contributed by atoms with van der Waals surface area (Å²) >= 11 is 0. The largest absolute Gasteiger partial charge is 0.433 e. The zero-order chi connectivity index (χ0) is 26.4. The number of aliphatic hydroxyl groups excluding tert-OH is 1. The van der Waals surface area contributed by atoms with Crippen molar-refractivity contribution in [3.8, 4) is 0 Å². The van der Waals surface area contributed by atoms with Crippen LogP contribution in [0.25, 0.3) is 11.0 Å². The van der Waals surface area contributed by atoms with Gasteiger partial charge in [0.1, 0.15) is 5.82 Å². The molecule has 0 radical (unpaired) electrons. The highest BCUT2D eigenvalue weighted by Gasteiger charge is 2.39. The van der Waals surface area contributed by atoms with Gasteiger partial charge < -0.3 is 14.6 Å². The molecule has 12 heteroatoms. The maximum Gasteiger partial charge on any atom is 0.433 e. The Labute approximate surface area is 208 Å². The fraction of sp³-hybridized carbons (Fsp3) is 0.542. The number of benzene rings is 1. The highest BCUT2D eigenvalue weighted by Crippen LogP contribution is 2.39. The average Bonchev–Trinajstić information content (AvgIpc) is 3.17. The van der Waals surface area contributed by atoms with Gasteiger partial charge in [-0.05, 0) is 36.5 Å². The molecular weight excluding hydrogens is 495 g/mol. The van der Waals surface area contributed by atoms with Crippen LogP contribution >= 0.6 is 0 Å². The lowest BCUT2D eigenvalue weighted by Gasteiger charge is -2.38. The van der Waals surface area contributed by atoms with E-state index < -0.39 is 34.4 Å². The minimum Gasteiger partial charge on any atom is -0.392 e. The summed E-state index contributed by atoms with van der Waals surface area (Å²) in [5.74, 6) is 0.519. The van der Waals surface area contributed by atoms with Gasteiger partial charge in [0.25, 0.3) is 0 Å². The second-order valence-corrected chi connectivity index (χ2v) is 11.5. The van der Waals surface area contributed by atoms with Gasteiger partial charge in [0.15, 0.2) is 15.5 Å². The van der Waals surface area contributed by atoms with Crippen LogP contribution in [0, 0.1) is 5.92 Å². The Morgan fingerprint density at radius 3 is 2.47 bits per heavy atom. The molecule has 3 heterocycles. The molecule has 0 fully saturated rings. The molecule has 1 aromatic carbocycles. The van der Waals surface area contributed by atoms with Gasteiger partial charge in [-0.2, -0.15) is 13.2 Å². The van der Waals surface area contributed by atoms with E-state index in [2.05, 4.69) is 9.97 Å². The van der Waals surface area contributed by atoms with Gasteiger partial charge in [-0.15, -0.1) is 0 Å². The fourth-order valence-electron chi connectivity index (χ4n) is 4.84. The molecule has 0 spiro atoms. The van der Waals surface area contributed by atoms with Crippen molar-refractivity contribution < 1.29 is 26.7 Å². The van der Waals surface area contributed by atoms with Crippen LogP contribution in [-0.2, 0) is 35.6 Å². The van der Waals surface area contributed by atoms with Gasteiger partial charge in [0.05, 0.1) is 28.6 Å². The normalized spacial score (nSPS) is 16.7. The van der Waals surface area contributed by atoms with Crippen LogP contribution in [0.2, 0.25) is 0 Å². The van der Waals surface area contributed by atoms with Gasteiger partial charge in [0, 0.05) is 31.1 Å². The Morgan fingerprint density at radius 2 is 1.89 bits per heavy atom. The summed E-state index contributed by atoms with van der Waals surface area (Å²) in [6.07, 6.45) is -0.610. The molecule has 0 saturated carbocycles. The molecular formula is C24H30F3N5O3S. The molecule has 1 aliphatic rings. The topological polar surface area (TPSA) is 101 Å². The van der Waals surface area contributed by atoms with E-state index in [9.17, 15) is 26.7 Å². The molecule has 36 heavy (non-hydrogen) atoms. The summed E-state index contributed by atoms with van der Waals surface area (Å²) in [5.41, 5.74) is 0.538. The van der Waals surface area contributed by atoms with Crippen molar-refractivity contribution in [2.75, 3.05) is 17.7 Å². The fourth-order valence-corrected chi connectivity index (χ4v) is 5.77. The van der Waals surface area contributed by atoms with Crippen molar-refractivity contribution in [1.29, 1.82) is 0 Å². The van der Waals surface area contributed by atoms with E-state index in [1.54, 1.807) is 11.0 Å². The molecule has 3 aromatic rings. The summed E-state index contributed by atoms with van der Waals surface area (Å²) in [6.45, 7) is 6.01. The van der Waals surface area contributed by atoms with Crippen molar-refractivity contribution in [3.05, 3.63) is 41.0 Å². The van der Waals surface area contributed by atoms with Crippen LogP contribution in [0.15, 0.2) is 23.2 Å². The molecule has 0 unspecified atom stereocenters. The summed E-state index contributed by atoms with van der Waals surface area (Å²) in [6, 6.07) is 2.63. The smallest absolute Gasteiger partial charge is 0.392 e. The first kappa shape index (κ1) is 26.3. The third-order valence-corrected chi connectivity index (χ3v) is 7.68. The number of fused-ring (bicyclic) bond motifs is 3. The van der Waals surface area contributed by atoms with Crippen LogP contribution in [0.1, 0.15) is 62.3 Å². The quantitative estimate of drug-likeness (QED) is 0.491. The molecule has 1 aliphatic heterocycles. The number of alkyl halides is 3. The molecule has 1 atom stereocenters. The number of aromatic nitrogens is 4. The van der Waals surface area contributed by atoms with Gasteiger partial charge >= 0.3 is 6.18 Å². The summed E-state index contributed by atoms with van der Waals surface area (Å²) < 4.78 is 68.1. The van der Waals surface area contributed by atoms with Gasteiger partial charge in [-0.25, -0.2) is 23.4 Å². The Bertz CT molecular complexity index is 1390. The molecule has 0 bridgehead atoms. The molecule has 8 nitrogen and oxygen atoms in total. The molecule has 0 amide bonds. The molecule has 4 rings (SSSR count). The number of nitrogens with zero attached hydrogens (tertiary/aromatic N) is 5. The van der Waals surface area contributed by atoms with Crippen molar-refractivity contribution in [3.63, 3.8) is 0 Å². The van der Waals surface area contributed by atoms with Crippen LogP contribution in [0.4, 0.5) is 19.1 Å². The van der Waals surface area contributed by atoms with Crippen molar-refractivity contribution in [1.82, 2.24) is 19.5 Å². The summed E-state index contributed by atoms with van der Waals surface area (Å²) in [4.78, 5) is 14.8. The SMILES string of the molecule is CCCCc1cnc(N2CCn3c(nc4cc(CO)c(S(C)(=O)=O)cc43)[C@H]2C(C)C)nc1C(F)(F)F. The van der Waals surface area contributed by atoms with E-state index in [1.165, 1.54) is 12.3 Å². The average molecular weight is 526 g/mol. The van der Waals surface area contributed by atoms with Crippen LogP contribution in [0.5, 0.6) is 0 Å². The number of imidazole rings is 1. The lowest BCUT2D eigenvalue weighted by molar-refractivity contribution is -0.141. The third-order valence-electron chi connectivity index (χ3n) is 6.50. The van der Waals surface area contributed by atoms with Crippen LogP contribution in [0.3, 0.4) is 0 Å². The monoisotopic (exact) mass is 525 g/mol. The Kier molecular flexibility index (Phi) is 7.04. The van der Waals surface area contributed by atoms with Crippen LogP contribution < -0.4 is 4.90 Å². The van der Waals surface area contributed by atoms with E-state index in [4.69, 9.17) is 4.98 Å².